The van der Waals surface area contributed by atoms with E-state index in [1.807, 2.05) is 18.5 Å². The summed E-state index contributed by atoms with van der Waals surface area (Å²) in [6.07, 6.45) is 0.887. The van der Waals surface area contributed by atoms with Crippen LogP contribution in [0.1, 0.15) is 36.2 Å². The number of rotatable bonds is 7. The molecule has 2 N–H and O–H groups in total. The zero-order valence-electron chi connectivity index (χ0n) is 14.5. The van der Waals surface area contributed by atoms with Crippen LogP contribution in [0.4, 0.5) is 13.6 Å². The van der Waals surface area contributed by atoms with Crippen LogP contribution in [-0.4, -0.2) is 42.0 Å². The first kappa shape index (κ1) is 18.6. The fourth-order valence-electron chi connectivity index (χ4n) is 3.08. The van der Waals surface area contributed by atoms with Gasteiger partial charge in [-0.3, -0.25) is 4.68 Å². The molecule has 2 amide bonds. The number of carbonyl (C=O) groups excluding carboxylic acids is 1. The van der Waals surface area contributed by atoms with Gasteiger partial charge in [0.1, 0.15) is 0 Å². The highest BCUT2D eigenvalue weighted by molar-refractivity contribution is 5.73. The van der Waals surface area contributed by atoms with E-state index in [1.165, 1.54) is 0 Å². The molecule has 136 valence electrons. The summed E-state index contributed by atoms with van der Waals surface area (Å²) in [6, 6.07) is -0.429. The van der Waals surface area contributed by atoms with E-state index in [4.69, 9.17) is 4.74 Å². The van der Waals surface area contributed by atoms with E-state index in [0.29, 0.717) is 32.5 Å². The molecule has 1 aromatic heterocycles. The molecule has 2 rings (SSSR count). The second-order valence-corrected chi connectivity index (χ2v) is 6.28. The van der Waals surface area contributed by atoms with Crippen LogP contribution >= 0.6 is 0 Å². The molecule has 0 aliphatic heterocycles. The van der Waals surface area contributed by atoms with Gasteiger partial charge in [0, 0.05) is 43.8 Å². The number of nitrogens with one attached hydrogen (secondary N) is 2. The molecule has 0 bridgehead atoms. The Morgan fingerprint density at radius 1 is 1.42 bits per heavy atom. The minimum Gasteiger partial charge on any atom is -0.383 e. The fraction of sp³-hybridized carbons (Fsp3) is 0.750. The maximum atomic E-state index is 13.5. The predicted octanol–water partition coefficient (Wildman–Crippen LogP) is 2.38. The highest BCUT2D eigenvalue weighted by Crippen LogP contribution is 2.39. The van der Waals surface area contributed by atoms with Crippen molar-refractivity contribution in [1.82, 2.24) is 20.4 Å². The molecule has 0 saturated heterocycles. The lowest BCUT2D eigenvalue weighted by Gasteiger charge is -2.19. The fourth-order valence-corrected chi connectivity index (χ4v) is 3.08. The van der Waals surface area contributed by atoms with Gasteiger partial charge < -0.3 is 15.4 Å². The lowest BCUT2D eigenvalue weighted by atomic mass is 10.1. The summed E-state index contributed by atoms with van der Waals surface area (Å²) >= 11 is 0. The van der Waals surface area contributed by atoms with Crippen LogP contribution in [0.15, 0.2) is 0 Å². The van der Waals surface area contributed by atoms with Gasteiger partial charge in [-0.15, -0.1) is 0 Å². The summed E-state index contributed by atoms with van der Waals surface area (Å²) in [5.74, 6) is -3.42. The highest BCUT2D eigenvalue weighted by Gasteiger charge is 2.43. The standard InChI is InChI=1S/C16H26F2N4O2/c1-11-14(12(2)22(21-11)7-8-24-3)10-20-15(23)19-9-13-5-4-6-16(13,17)18/h13H,4-10H2,1-3H3,(H2,19,20,23). The lowest BCUT2D eigenvalue weighted by molar-refractivity contribution is -0.0349. The first-order valence-electron chi connectivity index (χ1n) is 8.26. The zero-order chi connectivity index (χ0) is 17.7. The smallest absolute Gasteiger partial charge is 0.315 e. The number of carbonyl (C=O) groups is 1. The molecule has 0 spiro atoms. The van der Waals surface area contributed by atoms with Crippen molar-refractivity contribution in [2.45, 2.75) is 52.1 Å². The molecule has 1 atom stereocenters. The maximum absolute atomic E-state index is 13.5. The maximum Gasteiger partial charge on any atom is 0.315 e. The Balaban J connectivity index is 1.82. The van der Waals surface area contributed by atoms with Crippen LogP contribution in [-0.2, 0) is 17.8 Å². The number of nitrogens with zero attached hydrogens (tertiary/aromatic N) is 2. The number of hydrogen-bond donors (Lipinski definition) is 2. The van der Waals surface area contributed by atoms with Crippen LogP contribution in [0.2, 0.25) is 0 Å². The molecule has 1 fully saturated rings. The monoisotopic (exact) mass is 344 g/mol. The molecule has 1 aliphatic carbocycles. The molecule has 0 aromatic carbocycles. The second-order valence-electron chi connectivity index (χ2n) is 6.28. The molecule has 24 heavy (non-hydrogen) atoms. The molecule has 0 radical (unpaired) electrons. The second kappa shape index (κ2) is 7.92. The Bertz CT molecular complexity index is 575. The topological polar surface area (TPSA) is 68.2 Å². The Morgan fingerprint density at radius 3 is 2.79 bits per heavy atom. The zero-order valence-corrected chi connectivity index (χ0v) is 14.5. The number of aryl methyl sites for hydroxylation is 1. The van der Waals surface area contributed by atoms with E-state index in [-0.39, 0.29) is 13.0 Å². The van der Waals surface area contributed by atoms with E-state index in [9.17, 15) is 13.6 Å². The van der Waals surface area contributed by atoms with E-state index < -0.39 is 17.9 Å². The van der Waals surface area contributed by atoms with Crippen molar-refractivity contribution in [2.75, 3.05) is 20.3 Å². The van der Waals surface area contributed by atoms with Crippen LogP contribution in [0, 0.1) is 19.8 Å². The molecular weight excluding hydrogens is 318 g/mol. The molecular formula is C16H26F2N4O2. The van der Waals surface area contributed by atoms with Gasteiger partial charge in [-0.05, 0) is 26.7 Å². The number of methoxy groups -OCH3 is 1. The molecule has 8 heteroatoms. The molecule has 1 saturated carbocycles. The van der Waals surface area contributed by atoms with E-state index >= 15 is 0 Å². The molecule has 1 aliphatic rings. The van der Waals surface area contributed by atoms with Gasteiger partial charge in [0.2, 0.25) is 0 Å². The number of hydrogen-bond acceptors (Lipinski definition) is 3. The first-order chi connectivity index (χ1) is 11.3. The Kier molecular flexibility index (Phi) is 6.15. The van der Waals surface area contributed by atoms with Crippen LogP contribution in [0.25, 0.3) is 0 Å². The largest absolute Gasteiger partial charge is 0.383 e. The van der Waals surface area contributed by atoms with Gasteiger partial charge in [-0.25, -0.2) is 13.6 Å². The summed E-state index contributed by atoms with van der Waals surface area (Å²) < 4.78 is 33.9. The van der Waals surface area contributed by atoms with Crippen molar-refractivity contribution in [1.29, 1.82) is 0 Å². The Labute approximate surface area is 140 Å². The van der Waals surface area contributed by atoms with Crippen molar-refractivity contribution in [3.8, 4) is 0 Å². The van der Waals surface area contributed by atoms with E-state index in [1.54, 1.807) is 7.11 Å². The van der Waals surface area contributed by atoms with Crippen molar-refractivity contribution in [2.24, 2.45) is 5.92 Å². The van der Waals surface area contributed by atoms with Gasteiger partial charge in [0.05, 0.1) is 18.8 Å². The third kappa shape index (κ3) is 4.43. The number of halogens is 2. The van der Waals surface area contributed by atoms with Crippen molar-refractivity contribution in [3.63, 3.8) is 0 Å². The van der Waals surface area contributed by atoms with Crippen molar-refractivity contribution < 1.29 is 18.3 Å². The summed E-state index contributed by atoms with van der Waals surface area (Å²) in [4.78, 5) is 11.9. The molecule has 6 nitrogen and oxygen atoms in total. The van der Waals surface area contributed by atoms with Gasteiger partial charge >= 0.3 is 6.03 Å². The number of ether oxygens (including phenoxy) is 1. The highest BCUT2D eigenvalue weighted by atomic mass is 19.3. The van der Waals surface area contributed by atoms with Crippen LogP contribution in [0.5, 0.6) is 0 Å². The minimum atomic E-state index is -2.66. The third-order valence-electron chi connectivity index (χ3n) is 4.63. The third-order valence-corrected chi connectivity index (χ3v) is 4.63. The Morgan fingerprint density at radius 2 is 2.17 bits per heavy atom. The number of urea groups is 1. The Hall–Kier alpha value is -1.70. The van der Waals surface area contributed by atoms with Crippen LogP contribution in [0.3, 0.4) is 0 Å². The first-order valence-corrected chi connectivity index (χ1v) is 8.26. The predicted molar refractivity (Wildman–Crippen MR) is 86.1 cm³/mol. The van der Waals surface area contributed by atoms with Crippen molar-refractivity contribution >= 4 is 6.03 Å². The number of alkyl halides is 2. The van der Waals surface area contributed by atoms with Gasteiger partial charge in [0.15, 0.2) is 0 Å². The summed E-state index contributed by atoms with van der Waals surface area (Å²) in [5, 5.41) is 9.69. The van der Waals surface area contributed by atoms with Gasteiger partial charge in [0.25, 0.3) is 5.92 Å². The number of amides is 2. The normalized spacial score (nSPS) is 19.5. The molecule has 1 aromatic rings. The molecule has 1 heterocycles. The van der Waals surface area contributed by atoms with Crippen molar-refractivity contribution in [3.05, 3.63) is 17.0 Å². The molecule has 1 unspecified atom stereocenters. The average molecular weight is 344 g/mol. The summed E-state index contributed by atoms with van der Waals surface area (Å²) in [6.45, 7) is 5.34. The van der Waals surface area contributed by atoms with Crippen LogP contribution < -0.4 is 10.6 Å². The van der Waals surface area contributed by atoms with E-state index in [2.05, 4.69) is 15.7 Å². The average Bonchev–Trinajstić information content (AvgIpc) is 3.00. The van der Waals surface area contributed by atoms with Gasteiger partial charge in [-0.1, -0.05) is 0 Å². The summed E-state index contributed by atoms with van der Waals surface area (Å²) in [7, 11) is 1.63. The summed E-state index contributed by atoms with van der Waals surface area (Å²) in [5.41, 5.74) is 2.74. The minimum absolute atomic E-state index is 0.00387. The SMILES string of the molecule is COCCn1nc(C)c(CNC(=O)NCC2CCCC2(F)F)c1C. The lowest BCUT2D eigenvalue weighted by Crippen LogP contribution is -2.40. The quantitative estimate of drug-likeness (QED) is 0.798. The van der Waals surface area contributed by atoms with E-state index in [0.717, 1.165) is 17.0 Å². The van der Waals surface area contributed by atoms with Gasteiger partial charge in [-0.2, -0.15) is 5.10 Å². The number of aromatic nitrogens is 2.